The number of hydrogen-bond donors (Lipinski definition) is 0. The molecule has 0 N–H and O–H groups in total. The first-order valence-corrected chi connectivity index (χ1v) is 6.65. The molecule has 18 heavy (non-hydrogen) atoms. The monoisotopic (exact) mass is 252 g/mol. The largest absolute Gasteiger partial charge is 0.434 e. The number of hydrogen-bond acceptors (Lipinski definition) is 4. The van der Waals surface area contributed by atoms with Gasteiger partial charge in [-0.15, -0.1) is 0 Å². The Kier molecular flexibility index (Phi) is 4.69. The van der Waals surface area contributed by atoms with Gasteiger partial charge in [0.25, 0.3) is 0 Å². The summed E-state index contributed by atoms with van der Waals surface area (Å²) in [4.78, 5) is 16.5. The minimum Gasteiger partial charge on any atom is -0.390 e. The average molecular weight is 252 g/mol. The van der Waals surface area contributed by atoms with E-state index in [1.807, 2.05) is 0 Å². The molecule has 1 aromatic heterocycles. The van der Waals surface area contributed by atoms with E-state index < -0.39 is 4.92 Å². The van der Waals surface area contributed by atoms with Crippen LogP contribution in [0.4, 0.5) is 5.95 Å². The highest BCUT2D eigenvalue weighted by molar-refractivity contribution is 5.06. The maximum Gasteiger partial charge on any atom is 0.434 e. The lowest BCUT2D eigenvalue weighted by Gasteiger charge is -2.26. The SMILES string of the molecule is O=[N+]([O-])c1nccn1CCCCN1CCCCC1. The van der Waals surface area contributed by atoms with E-state index in [9.17, 15) is 10.1 Å². The molecule has 0 atom stereocenters. The summed E-state index contributed by atoms with van der Waals surface area (Å²) >= 11 is 0. The second-order valence-electron chi connectivity index (χ2n) is 4.79. The van der Waals surface area contributed by atoms with Crippen molar-refractivity contribution in [1.82, 2.24) is 14.5 Å². The summed E-state index contributed by atoms with van der Waals surface area (Å²) in [6.07, 6.45) is 9.21. The van der Waals surface area contributed by atoms with Crippen molar-refractivity contribution in [1.29, 1.82) is 0 Å². The van der Waals surface area contributed by atoms with E-state index >= 15 is 0 Å². The van der Waals surface area contributed by atoms with Gasteiger partial charge in [0.15, 0.2) is 0 Å². The van der Waals surface area contributed by atoms with Crippen molar-refractivity contribution in [2.24, 2.45) is 0 Å². The van der Waals surface area contributed by atoms with Crippen molar-refractivity contribution in [3.63, 3.8) is 0 Å². The molecule has 0 radical (unpaired) electrons. The summed E-state index contributed by atoms with van der Waals surface area (Å²) in [6, 6.07) is 0. The van der Waals surface area contributed by atoms with E-state index in [-0.39, 0.29) is 5.95 Å². The van der Waals surface area contributed by atoms with Crippen molar-refractivity contribution in [3.05, 3.63) is 22.5 Å². The van der Waals surface area contributed by atoms with Gasteiger partial charge in [0.1, 0.15) is 12.4 Å². The second-order valence-corrected chi connectivity index (χ2v) is 4.79. The zero-order valence-corrected chi connectivity index (χ0v) is 10.6. The quantitative estimate of drug-likeness (QED) is 0.441. The summed E-state index contributed by atoms with van der Waals surface area (Å²) in [6.45, 7) is 4.23. The Hall–Kier alpha value is -1.43. The lowest BCUT2D eigenvalue weighted by Crippen LogP contribution is -2.30. The number of aromatic nitrogens is 2. The molecule has 0 amide bonds. The highest BCUT2D eigenvalue weighted by atomic mass is 16.6. The Morgan fingerprint density at radius 1 is 1.22 bits per heavy atom. The zero-order chi connectivity index (χ0) is 12.8. The fraction of sp³-hybridized carbons (Fsp3) is 0.750. The summed E-state index contributed by atoms with van der Waals surface area (Å²) in [5, 5.41) is 10.7. The van der Waals surface area contributed by atoms with Crippen LogP contribution in [0.15, 0.2) is 12.4 Å². The number of unbranched alkanes of at least 4 members (excludes halogenated alkanes) is 1. The Labute approximate surface area is 107 Å². The molecule has 2 rings (SSSR count). The van der Waals surface area contributed by atoms with Crippen LogP contribution in [0.1, 0.15) is 32.1 Å². The van der Waals surface area contributed by atoms with E-state index in [2.05, 4.69) is 9.88 Å². The molecule has 0 spiro atoms. The first-order valence-electron chi connectivity index (χ1n) is 6.65. The van der Waals surface area contributed by atoms with Gasteiger partial charge in [0.05, 0.1) is 6.54 Å². The van der Waals surface area contributed by atoms with E-state index in [0.717, 1.165) is 19.4 Å². The first kappa shape index (κ1) is 13.0. The summed E-state index contributed by atoms with van der Waals surface area (Å²) in [5.41, 5.74) is 0. The van der Waals surface area contributed by atoms with Gasteiger partial charge in [-0.2, -0.15) is 0 Å². The number of nitro groups is 1. The van der Waals surface area contributed by atoms with Crippen LogP contribution in [0.25, 0.3) is 0 Å². The second kappa shape index (κ2) is 6.49. The van der Waals surface area contributed by atoms with Crippen LogP contribution in [0.3, 0.4) is 0 Å². The van der Waals surface area contributed by atoms with Gasteiger partial charge >= 0.3 is 5.95 Å². The van der Waals surface area contributed by atoms with Crippen LogP contribution < -0.4 is 0 Å². The fourth-order valence-corrected chi connectivity index (χ4v) is 2.45. The molecule has 6 nitrogen and oxygen atoms in total. The van der Waals surface area contributed by atoms with Crippen LogP contribution in [0, 0.1) is 10.1 Å². The molecule has 6 heteroatoms. The van der Waals surface area contributed by atoms with Crippen LogP contribution in [-0.2, 0) is 6.54 Å². The van der Waals surface area contributed by atoms with Crippen LogP contribution in [0.5, 0.6) is 0 Å². The highest BCUT2D eigenvalue weighted by Gasteiger charge is 2.13. The van der Waals surface area contributed by atoms with E-state index in [1.165, 1.54) is 38.5 Å². The van der Waals surface area contributed by atoms with Crippen molar-refractivity contribution < 1.29 is 4.92 Å². The van der Waals surface area contributed by atoms with Gasteiger partial charge in [-0.05, 0) is 50.2 Å². The predicted octanol–water partition coefficient (Wildman–Crippen LogP) is 2.06. The van der Waals surface area contributed by atoms with Crippen LogP contribution in [0.2, 0.25) is 0 Å². The Bertz CT molecular complexity index is 385. The molecule has 1 aromatic rings. The van der Waals surface area contributed by atoms with Crippen molar-refractivity contribution in [2.75, 3.05) is 19.6 Å². The maximum atomic E-state index is 10.7. The fourth-order valence-electron chi connectivity index (χ4n) is 2.45. The van der Waals surface area contributed by atoms with Crippen molar-refractivity contribution >= 4 is 5.95 Å². The molecule has 1 fully saturated rings. The first-order chi connectivity index (χ1) is 8.77. The average Bonchev–Trinajstić information content (AvgIpc) is 2.84. The molecule has 100 valence electrons. The number of nitrogens with zero attached hydrogens (tertiary/aromatic N) is 4. The molecule has 0 aliphatic carbocycles. The van der Waals surface area contributed by atoms with E-state index in [1.54, 1.807) is 10.8 Å². The summed E-state index contributed by atoms with van der Waals surface area (Å²) in [5.74, 6) is -0.0482. The molecule has 2 heterocycles. The smallest absolute Gasteiger partial charge is 0.390 e. The third-order valence-corrected chi connectivity index (χ3v) is 3.43. The van der Waals surface area contributed by atoms with Crippen molar-refractivity contribution in [2.45, 2.75) is 38.6 Å². The van der Waals surface area contributed by atoms with Crippen molar-refractivity contribution in [3.8, 4) is 0 Å². The molecule has 1 aliphatic rings. The summed E-state index contributed by atoms with van der Waals surface area (Å²) in [7, 11) is 0. The van der Waals surface area contributed by atoms with Gasteiger partial charge in [-0.3, -0.25) is 0 Å². The minimum absolute atomic E-state index is 0.0482. The van der Waals surface area contributed by atoms with Gasteiger partial charge in [-0.25, -0.2) is 4.57 Å². The normalized spacial score (nSPS) is 16.9. The zero-order valence-electron chi connectivity index (χ0n) is 10.6. The Balaban J connectivity index is 1.68. The molecular formula is C12H20N4O2. The Morgan fingerprint density at radius 2 is 1.94 bits per heavy atom. The van der Waals surface area contributed by atoms with Gasteiger partial charge < -0.3 is 15.0 Å². The third-order valence-electron chi connectivity index (χ3n) is 3.43. The standard InChI is InChI=1S/C12H20N4O2/c17-16(18)12-13-6-11-15(12)10-5-4-9-14-7-2-1-3-8-14/h6,11H,1-5,7-10H2. The van der Waals surface area contributed by atoms with Gasteiger partial charge in [0.2, 0.25) is 0 Å². The maximum absolute atomic E-state index is 10.7. The topological polar surface area (TPSA) is 64.2 Å². The number of likely N-dealkylation sites (tertiary alicyclic amines) is 1. The summed E-state index contributed by atoms with van der Waals surface area (Å²) < 4.78 is 1.62. The number of piperidine rings is 1. The molecule has 1 aliphatic heterocycles. The lowest BCUT2D eigenvalue weighted by molar-refractivity contribution is -0.396. The number of imidazole rings is 1. The molecule has 0 aromatic carbocycles. The van der Waals surface area contributed by atoms with E-state index in [4.69, 9.17) is 0 Å². The third kappa shape index (κ3) is 3.53. The molecular weight excluding hydrogens is 232 g/mol. The molecule has 1 saturated heterocycles. The van der Waals surface area contributed by atoms with Crippen LogP contribution >= 0.6 is 0 Å². The molecule has 0 bridgehead atoms. The molecule has 0 saturated carbocycles. The van der Waals surface area contributed by atoms with Crippen LogP contribution in [-0.4, -0.2) is 39.0 Å². The Morgan fingerprint density at radius 3 is 2.67 bits per heavy atom. The minimum atomic E-state index is -0.426. The van der Waals surface area contributed by atoms with Gasteiger partial charge in [-0.1, -0.05) is 11.4 Å². The van der Waals surface area contributed by atoms with E-state index in [0.29, 0.717) is 6.54 Å². The lowest BCUT2D eigenvalue weighted by atomic mass is 10.1. The molecule has 0 unspecified atom stereocenters. The van der Waals surface area contributed by atoms with Gasteiger partial charge in [0, 0.05) is 0 Å². The highest BCUT2D eigenvalue weighted by Crippen LogP contribution is 2.11. The predicted molar refractivity (Wildman–Crippen MR) is 68.4 cm³/mol. The number of aryl methyl sites for hydroxylation is 1. The number of rotatable bonds is 6.